The minimum atomic E-state index is -0.468. The van der Waals surface area contributed by atoms with Gasteiger partial charge in [0.1, 0.15) is 0 Å². The number of nitrogens with zero attached hydrogens (tertiary/aromatic N) is 3. The molecule has 1 fully saturated rings. The normalized spacial score (nSPS) is 19.7. The molecule has 5 heteroatoms. The molecule has 2 rings (SSSR count). The zero-order valence-corrected chi connectivity index (χ0v) is 9.83. The summed E-state index contributed by atoms with van der Waals surface area (Å²) in [5.41, 5.74) is 0.820. The Morgan fingerprint density at radius 1 is 1.62 bits per heavy atom. The Labute approximate surface area is 95.4 Å². The summed E-state index contributed by atoms with van der Waals surface area (Å²) < 4.78 is 7.25. The molecule has 0 spiro atoms. The van der Waals surface area contributed by atoms with Crippen LogP contribution in [0.25, 0.3) is 0 Å². The molecule has 5 nitrogen and oxygen atoms in total. The maximum absolute atomic E-state index is 10.1. The van der Waals surface area contributed by atoms with Crippen molar-refractivity contribution in [2.45, 2.75) is 38.4 Å². The Bertz CT molecular complexity index is 336. The summed E-state index contributed by atoms with van der Waals surface area (Å²) in [6.07, 6.45) is 4.19. The minimum Gasteiger partial charge on any atom is -0.390 e. The molecule has 0 radical (unpaired) electrons. The van der Waals surface area contributed by atoms with E-state index in [0.29, 0.717) is 18.9 Å². The van der Waals surface area contributed by atoms with Crippen molar-refractivity contribution in [3.05, 3.63) is 11.9 Å². The first kappa shape index (κ1) is 11.5. The molecule has 1 heterocycles. The summed E-state index contributed by atoms with van der Waals surface area (Å²) in [5, 5.41) is 17.9. The third kappa shape index (κ3) is 2.80. The topological polar surface area (TPSA) is 60.2 Å². The minimum absolute atomic E-state index is 0.0352. The molecular weight excluding hydrogens is 206 g/mol. The van der Waals surface area contributed by atoms with Gasteiger partial charge in [-0.2, -0.15) is 0 Å². The molecule has 1 saturated carbocycles. The summed E-state index contributed by atoms with van der Waals surface area (Å²) in [6.45, 7) is 2.61. The fourth-order valence-electron chi connectivity index (χ4n) is 2.00. The molecule has 2 atom stereocenters. The molecule has 16 heavy (non-hydrogen) atoms. The number of aliphatic hydroxyl groups is 1. The van der Waals surface area contributed by atoms with E-state index in [1.165, 1.54) is 12.8 Å². The average molecular weight is 225 g/mol. The van der Waals surface area contributed by atoms with Crippen LogP contribution in [0.4, 0.5) is 0 Å². The van der Waals surface area contributed by atoms with Crippen LogP contribution in [0.5, 0.6) is 0 Å². The highest BCUT2D eigenvalue weighted by molar-refractivity contribution is 4.98. The largest absolute Gasteiger partial charge is 0.390 e. The third-order valence-corrected chi connectivity index (χ3v) is 2.89. The Balaban J connectivity index is 1.91. The first-order valence-corrected chi connectivity index (χ1v) is 5.85. The Kier molecular flexibility index (Phi) is 3.56. The smallest absolute Gasteiger partial charge is 0.0865 e. The number of aliphatic hydroxyl groups excluding tert-OH is 1. The fourth-order valence-corrected chi connectivity index (χ4v) is 2.00. The van der Waals surface area contributed by atoms with Gasteiger partial charge in [0.2, 0.25) is 0 Å². The van der Waals surface area contributed by atoms with Gasteiger partial charge in [0.25, 0.3) is 0 Å². The van der Waals surface area contributed by atoms with Gasteiger partial charge in [0, 0.05) is 26.3 Å². The van der Waals surface area contributed by atoms with Gasteiger partial charge >= 0.3 is 0 Å². The average Bonchev–Trinajstić information content (AvgIpc) is 3.00. The van der Waals surface area contributed by atoms with E-state index in [2.05, 4.69) is 10.3 Å². The maximum atomic E-state index is 10.1. The highest BCUT2D eigenvalue weighted by Gasteiger charge is 2.36. The number of aromatic nitrogens is 3. The van der Waals surface area contributed by atoms with Crippen molar-refractivity contribution in [3.8, 4) is 0 Å². The van der Waals surface area contributed by atoms with E-state index in [1.54, 1.807) is 4.68 Å². The highest BCUT2D eigenvalue weighted by Crippen LogP contribution is 2.36. The Hall–Kier alpha value is -0.940. The van der Waals surface area contributed by atoms with Crippen LogP contribution in [-0.2, 0) is 18.2 Å². The predicted octanol–water partition coefficient (Wildman–Crippen LogP) is 0.534. The van der Waals surface area contributed by atoms with Gasteiger partial charge in [0.15, 0.2) is 0 Å². The van der Waals surface area contributed by atoms with E-state index in [1.807, 2.05) is 20.2 Å². The first-order chi connectivity index (χ1) is 7.70. The molecule has 0 saturated heterocycles. The second-order valence-electron chi connectivity index (χ2n) is 4.41. The van der Waals surface area contributed by atoms with E-state index >= 15 is 0 Å². The standard InChI is InChI=1S/C11H19N3O2/c1-3-16-11(8-4-5-8)10(15)6-9-7-14(2)13-12-9/h7-8,10-11,15H,3-6H2,1-2H3. The van der Waals surface area contributed by atoms with E-state index in [0.717, 1.165) is 5.69 Å². The lowest BCUT2D eigenvalue weighted by molar-refractivity contribution is -0.0443. The number of ether oxygens (including phenoxy) is 1. The summed E-state index contributed by atoms with van der Waals surface area (Å²) in [6, 6.07) is 0. The van der Waals surface area contributed by atoms with Gasteiger partial charge < -0.3 is 9.84 Å². The highest BCUT2D eigenvalue weighted by atomic mass is 16.5. The van der Waals surface area contributed by atoms with Crippen molar-refractivity contribution >= 4 is 0 Å². The second kappa shape index (κ2) is 4.93. The zero-order valence-electron chi connectivity index (χ0n) is 9.83. The van der Waals surface area contributed by atoms with Crippen LogP contribution in [0.3, 0.4) is 0 Å². The lowest BCUT2D eigenvalue weighted by atomic mass is 10.0. The summed E-state index contributed by atoms with van der Waals surface area (Å²) in [5.74, 6) is 0.534. The van der Waals surface area contributed by atoms with Crippen LogP contribution in [-0.4, -0.2) is 38.9 Å². The van der Waals surface area contributed by atoms with Crippen molar-refractivity contribution in [3.63, 3.8) is 0 Å². The van der Waals surface area contributed by atoms with Crippen molar-refractivity contribution < 1.29 is 9.84 Å². The zero-order chi connectivity index (χ0) is 11.5. The van der Waals surface area contributed by atoms with Gasteiger partial charge in [-0.1, -0.05) is 5.21 Å². The first-order valence-electron chi connectivity index (χ1n) is 5.85. The number of aryl methyl sites for hydroxylation is 1. The Morgan fingerprint density at radius 2 is 2.38 bits per heavy atom. The molecule has 1 N–H and O–H groups in total. The van der Waals surface area contributed by atoms with Crippen molar-refractivity contribution in [2.75, 3.05) is 6.61 Å². The summed E-state index contributed by atoms with van der Waals surface area (Å²) >= 11 is 0. The molecule has 0 bridgehead atoms. The molecule has 0 amide bonds. The van der Waals surface area contributed by atoms with Gasteiger partial charge in [0.05, 0.1) is 17.9 Å². The van der Waals surface area contributed by atoms with Crippen LogP contribution in [0.15, 0.2) is 6.20 Å². The number of hydrogen-bond acceptors (Lipinski definition) is 4. The summed E-state index contributed by atoms with van der Waals surface area (Å²) in [7, 11) is 1.82. The van der Waals surface area contributed by atoms with Crippen molar-refractivity contribution in [2.24, 2.45) is 13.0 Å². The van der Waals surface area contributed by atoms with E-state index in [-0.39, 0.29) is 6.10 Å². The van der Waals surface area contributed by atoms with Gasteiger partial charge in [-0.05, 0) is 25.7 Å². The molecule has 2 unspecified atom stereocenters. The molecule has 1 aromatic rings. The molecule has 0 aliphatic heterocycles. The number of hydrogen-bond donors (Lipinski definition) is 1. The second-order valence-corrected chi connectivity index (χ2v) is 4.41. The van der Waals surface area contributed by atoms with Crippen LogP contribution >= 0.6 is 0 Å². The van der Waals surface area contributed by atoms with Crippen molar-refractivity contribution in [1.29, 1.82) is 0 Å². The monoisotopic (exact) mass is 225 g/mol. The van der Waals surface area contributed by atoms with Gasteiger partial charge in [-0.25, -0.2) is 0 Å². The molecule has 0 aromatic carbocycles. The van der Waals surface area contributed by atoms with Crippen LogP contribution < -0.4 is 0 Å². The molecule has 90 valence electrons. The van der Waals surface area contributed by atoms with Crippen molar-refractivity contribution in [1.82, 2.24) is 15.0 Å². The SMILES string of the molecule is CCOC(C(O)Cc1cn(C)nn1)C1CC1. The van der Waals surface area contributed by atoms with Crippen LogP contribution in [0, 0.1) is 5.92 Å². The van der Waals surface area contributed by atoms with Gasteiger partial charge in [-0.15, -0.1) is 5.10 Å². The quantitative estimate of drug-likeness (QED) is 0.767. The Morgan fingerprint density at radius 3 is 2.88 bits per heavy atom. The van der Waals surface area contributed by atoms with E-state index in [9.17, 15) is 5.11 Å². The van der Waals surface area contributed by atoms with E-state index < -0.39 is 6.10 Å². The van der Waals surface area contributed by atoms with Gasteiger partial charge in [-0.3, -0.25) is 4.68 Å². The summed E-state index contributed by atoms with van der Waals surface area (Å²) in [4.78, 5) is 0. The molecule has 1 aromatic heterocycles. The van der Waals surface area contributed by atoms with Crippen LogP contribution in [0.1, 0.15) is 25.5 Å². The van der Waals surface area contributed by atoms with E-state index in [4.69, 9.17) is 4.74 Å². The third-order valence-electron chi connectivity index (χ3n) is 2.89. The predicted molar refractivity (Wildman–Crippen MR) is 58.9 cm³/mol. The molecule has 1 aliphatic rings. The molecule has 1 aliphatic carbocycles. The van der Waals surface area contributed by atoms with Crippen LogP contribution in [0.2, 0.25) is 0 Å². The lowest BCUT2D eigenvalue weighted by Crippen LogP contribution is -2.33. The fraction of sp³-hybridized carbons (Fsp3) is 0.818. The number of rotatable bonds is 6. The lowest BCUT2D eigenvalue weighted by Gasteiger charge is -2.21. The molecular formula is C11H19N3O2. The maximum Gasteiger partial charge on any atom is 0.0865 e.